The van der Waals surface area contributed by atoms with Crippen LogP contribution in [0.3, 0.4) is 0 Å². The normalized spacial score (nSPS) is 17.0. The van der Waals surface area contributed by atoms with Crippen LogP contribution in [0.25, 0.3) is 0 Å². The summed E-state index contributed by atoms with van der Waals surface area (Å²) in [7, 11) is -4.00. The second kappa shape index (κ2) is 10.4. The van der Waals surface area contributed by atoms with E-state index in [0.717, 1.165) is 63.0 Å². The summed E-state index contributed by atoms with van der Waals surface area (Å²) in [6, 6.07) is 9.48. The van der Waals surface area contributed by atoms with E-state index in [9.17, 15) is 26.4 Å². The fraction of sp³-hybridized carbons (Fsp3) is 0.435. The maximum atomic E-state index is 12.8. The van der Waals surface area contributed by atoms with Crippen LogP contribution in [0.2, 0.25) is 0 Å². The summed E-state index contributed by atoms with van der Waals surface area (Å²) in [6.07, 6.45) is -3.27. The van der Waals surface area contributed by atoms with Gasteiger partial charge in [-0.05, 0) is 55.8 Å². The first kappa shape index (κ1) is 25.3. The van der Waals surface area contributed by atoms with Gasteiger partial charge >= 0.3 is 6.18 Å². The van der Waals surface area contributed by atoms with Crippen molar-refractivity contribution in [1.29, 1.82) is 0 Å². The summed E-state index contributed by atoms with van der Waals surface area (Å²) in [5.41, 5.74) is 0.694. The zero-order chi connectivity index (χ0) is 25.1. The molecule has 2 aliphatic heterocycles. The van der Waals surface area contributed by atoms with Crippen LogP contribution in [-0.4, -0.2) is 65.1 Å². The zero-order valence-electron chi connectivity index (χ0n) is 19.0. The van der Waals surface area contributed by atoms with Crippen molar-refractivity contribution >= 4 is 27.3 Å². The summed E-state index contributed by atoms with van der Waals surface area (Å²) in [5.74, 6) is 0.493. The largest absolute Gasteiger partial charge is 0.482 e. The minimum Gasteiger partial charge on any atom is -0.482 e. The van der Waals surface area contributed by atoms with Crippen LogP contribution < -0.4 is 19.7 Å². The van der Waals surface area contributed by atoms with E-state index >= 15 is 0 Å². The Morgan fingerprint density at radius 2 is 1.80 bits per heavy atom. The molecular weight excluding hydrogens is 485 g/mol. The fourth-order valence-electron chi connectivity index (χ4n) is 4.09. The predicted octanol–water partition coefficient (Wildman–Crippen LogP) is 2.92. The van der Waals surface area contributed by atoms with Gasteiger partial charge in [0.25, 0.3) is 5.91 Å². The standard InChI is InChI=1S/C23H27F3N4O4S/c24-23(25,26)17-4-3-5-19(14-17)35(32,33)27-8-1-2-9-29-10-12-30(13-11-29)18-6-7-21-20(15-18)28-22(31)16-34-21/h3-7,14-15,27H,1-2,8-13,16H2,(H,28,31). The summed E-state index contributed by atoms with van der Waals surface area (Å²) >= 11 is 0. The number of hydrogen-bond acceptors (Lipinski definition) is 6. The molecule has 190 valence electrons. The number of nitrogens with zero attached hydrogens (tertiary/aromatic N) is 2. The molecule has 2 aromatic rings. The lowest BCUT2D eigenvalue weighted by Crippen LogP contribution is -2.46. The number of rotatable bonds is 8. The lowest BCUT2D eigenvalue weighted by molar-refractivity contribution is -0.137. The quantitative estimate of drug-likeness (QED) is 0.529. The monoisotopic (exact) mass is 512 g/mol. The average molecular weight is 513 g/mol. The molecule has 0 spiro atoms. The molecule has 0 aromatic heterocycles. The van der Waals surface area contributed by atoms with Crippen LogP contribution in [0.5, 0.6) is 5.75 Å². The number of benzene rings is 2. The van der Waals surface area contributed by atoms with E-state index < -0.39 is 26.7 Å². The number of alkyl halides is 3. The number of carbonyl (C=O) groups excluding carboxylic acids is 1. The molecule has 0 saturated carbocycles. The van der Waals surface area contributed by atoms with E-state index in [1.807, 2.05) is 18.2 Å². The number of anilines is 2. The molecule has 0 aliphatic carbocycles. The highest BCUT2D eigenvalue weighted by Crippen LogP contribution is 2.32. The first-order chi connectivity index (χ1) is 16.6. The number of carbonyl (C=O) groups is 1. The van der Waals surface area contributed by atoms with Crippen molar-refractivity contribution in [2.24, 2.45) is 0 Å². The van der Waals surface area contributed by atoms with Gasteiger partial charge in [0.1, 0.15) is 5.75 Å². The van der Waals surface area contributed by atoms with Crippen molar-refractivity contribution in [1.82, 2.24) is 9.62 Å². The summed E-state index contributed by atoms with van der Waals surface area (Å²) in [5, 5.41) is 2.82. The van der Waals surface area contributed by atoms with Crippen molar-refractivity contribution in [3.63, 3.8) is 0 Å². The lowest BCUT2D eigenvalue weighted by Gasteiger charge is -2.36. The predicted molar refractivity (Wildman–Crippen MR) is 125 cm³/mol. The number of hydrogen-bond donors (Lipinski definition) is 2. The molecule has 4 rings (SSSR count). The molecule has 1 saturated heterocycles. The van der Waals surface area contributed by atoms with Crippen LogP contribution in [0.15, 0.2) is 47.4 Å². The van der Waals surface area contributed by atoms with Crippen molar-refractivity contribution in [2.45, 2.75) is 23.9 Å². The first-order valence-electron chi connectivity index (χ1n) is 11.3. The van der Waals surface area contributed by atoms with Crippen LogP contribution in [0.1, 0.15) is 18.4 Å². The first-order valence-corrected chi connectivity index (χ1v) is 12.8. The van der Waals surface area contributed by atoms with Gasteiger partial charge in [-0.1, -0.05) is 6.07 Å². The van der Waals surface area contributed by atoms with E-state index in [0.29, 0.717) is 23.9 Å². The minimum absolute atomic E-state index is 0.0255. The van der Waals surface area contributed by atoms with Crippen molar-refractivity contribution in [3.8, 4) is 5.75 Å². The summed E-state index contributed by atoms with van der Waals surface area (Å²) < 4.78 is 71.0. The SMILES string of the molecule is O=C1COc2ccc(N3CCN(CCCCNS(=O)(=O)c4cccc(C(F)(F)F)c4)CC3)cc2N1. The van der Waals surface area contributed by atoms with Gasteiger partial charge < -0.3 is 15.0 Å². The maximum absolute atomic E-state index is 12.8. The van der Waals surface area contributed by atoms with Gasteiger partial charge in [-0.2, -0.15) is 13.2 Å². The Morgan fingerprint density at radius 1 is 1.03 bits per heavy atom. The van der Waals surface area contributed by atoms with E-state index in [1.54, 1.807) is 0 Å². The van der Waals surface area contributed by atoms with E-state index in [4.69, 9.17) is 4.74 Å². The molecule has 1 fully saturated rings. The molecule has 2 heterocycles. The average Bonchev–Trinajstić information content (AvgIpc) is 2.83. The molecule has 8 nitrogen and oxygen atoms in total. The Kier molecular flexibility index (Phi) is 7.53. The fourth-order valence-corrected chi connectivity index (χ4v) is 5.21. The van der Waals surface area contributed by atoms with Gasteiger partial charge in [0.15, 0.2) is 6.61 Å². The summed E-state index contributed by atoms with van der Waals surface area (Å²) in [6.45, 7) is 4.30. The van der Waals surface area contributed by atoms with Crippen molar-refractivity contribution in [3.05, 3.63) is 48.0 Å². The highest BCUT2D eigenvalue weighted by Gasteiger charge is 2.31. The molecule has 35 heavy (non-hydrogen) atoms. The van der Waals surface area contributed by atoms with Crippen LogP contribution in [0, 0.1) is 0 Å². The number of fused-ring (bicyclic) bond motifs is 1. The van der Waals surface area contributed by atoms with E-state index in [-0.39, 0.29) is 19.1 Å². The van der Waals surface area contributed by atoms with Crippen LogP contribution in [0.4, 0.5) is 24.5 Å². The third-order valence-electron chi connectivity index (χ3n) is 6.00. The molecule has 2 aromatic carbocycles. The lowest BCUT2D eigenvalue weighted by atomic mass is 10.2. The van der Waals surface area contributed by atoms with Crippen molar-refractivity contribution < 1.29 is 31.1 Å². The van der Waals surface area contributed by atoms with Gasteiger partial charge in [0, 0.05) is 38.4 Å². The Balaban J connectivity index is 1.19. The molecule has 0 bridgehead atoms. The number of amides is 1. The Hall–Kier alpha value is -2.83. The molecule has 0 atom stereocenters. The van der Waals surface area contributed by atoms with Crippen LogP contribution >= 0.6 is 0 Å². The third kappa shape index (κ3) is 6.44. The molecule has 12 heteroatoms. The summed E-state index contributed by atoms with van der Waals surface area (Å²) in [4.78, 5) is 15.7. The maximum Gasteiger partial charge on any atom is 0.416 e. The number of sulfonamides is 1. The smallest absolute Gasteiger partial charge is 0.416 e. The second-order valence-corrected chi connectivity index (χ2v) is 10.2. The van der Waals surface area contributed by atoms with Gasteiger partial charge in [-0.3, -0.25) is 9.69 Å². The number of ether oxygens (including phenoxy) is 1. The number of unbranched alkanes of at least 4 members (excludes halogenated alkanes) is 1. The van der Waals surface area contributed by atoms with E-state index in [1.165, 1.54) is 0 Å². The highest BCUT2D eigenvalue weighted by molar-refractivity contribution is 7.89. The van der Waals surface area contributed by atoms with Gasteiger partial charge in [0.2, 0.25) is 10.0 Å². The molecule has 2 N–H and O–H groups in total. The zero-order valence-corrected chi connectivity index (χ0v) is 19.8. The van der Waals surface area contributed by atoms with Crippen LogP contribution in [-0.2, 0) is 21.0 Å². The Labute approximate surface area is 202 Å². The highest BCUT2D eigenvalue weighted by atomic mass is 32.2. The van der Waals surface area contributed by atoms with Gasteiger partial charge in [-0.25, -0.2) is 13.1 Å². The Bertz CT molecular complexity index is 1170. The third-order valence-corrected chi connectivity index (χ3v) is 7.46. The molecule has 0 radical (unpaired) electrons. The number of halogens is 3. The minimum atomic E-state index is -4.60. The van der Waals surface area contributed by atoms with Gasteiger partial charge in [0.05, 0.1) is 16.1 Å². The number of piperazine rings is 1. The number of nitrogens with one attached hydrogen (secondary N) is 2. The topological polar surface area (TPSA) is 91.0 Å². The molecule has 1 amide bonds. The molecule has 2 aliphatic rings. The second-order valence-electron chi connectivity index (χ2n) is 8.48. The van der Waals surface area contributed by atoms with Crippen molar-refractivity contribution in [2.75, 3.05) is 56.1 Å². The Morgan fingerprint density at radius 3 is 2.54 bits per heavy atom. The van der Waals surface area contributed by atoms with E-state index in [2.05, 4.69) is 19.8 Å². The molecular formula is C23H27F3N4O4S. The van der Waals surface area contributed by atoms with Gasteiger partial charge in [-0.15, -0.1) is 0 Å². The molecule has 0 unspecified atom stereocenters.